The molecule has 0 atom stereocenters. The Hall–Kier alpha value is 0.544. The number of unbranched alkanes of at least 4 members (excludes halogenated alkanes) is 2. The van der Waals surface area contributed by atoms with Gasteiger partial charge >= 0.3 is 17.6 Å². The van der Waals surface area contributed by atoms with Crippen molar-refractivity contribution >= 4 is 29.4 Å². The summed E-state index contributed by atoms with van der Waals surface area (Å²) < 4.78 is 35.5. The highest BCUT2D eigenvalue weighted by Crippen LogP contribution is 2.22. The van der Waals surface area contributed by atoms with Crippen LogP contribution in [0.5, 0.6) is 0 Å². The smallest absolute Gasteiger partial charge is 0.374 e. The molecule has 0 saturated carbocycles. The lowest BCUT2D eigenvalue weighted by Gasteiger charge is -2.28. The summed E-state index contributed by atoms with van der Waals surface area (Å²) in [5.74, 6) is 2.33. The standard InChI is InChI=1S/C20H46O6SSi2/c1-7-21-28(22-8-2,23-9-3)19-15-13-17-27-18-14-16-20-29(24-10-4,25-11-5)26-12-6/h7-20H2,1-6H3. The van der Waals surface area contributed by atoms with Crippen molar-refractivity contribution in [1.29, 1.82) is 0 Å². The fraction of sp³-hybridized carbons (Fsp3) is 1.00. The van der Waals surface area contributed by atoms with E-state index in [0.29, 0.717) is 39.6 Å². The molecule has 0 bridgehead atoms. The Bertz CT molecular complexity index is 300. The number of hydrogen-bond donors (Lipinski definition) is 0. The first kappa shape index (κ1) is 29.5. The van der Waals surface area contributed by atoms with E-state index in [0.717, 1.165) is 24.9 Å². The Morgan fingerprint density at radius 2 is 0.724 bits per heavy atom. The van der Waals surface area contributed by atoms with Crippen LogP contribution < -0.4 is 0 Å². The number of rotatable bonds is 22. The molecule has 0 unspecified atom stereocenters. The fourth-order valence-corrected chi connectivity index (χ4v) is 9.59. The largest absolute Gasteiger partial charge is 0.500 e. The lowest BCUT2D eigenvalue weighted by atomic mass is 10.4. The van der Waals surface area contributed by atoms with Crippen LogP contribution in [0.4, 0.5) is 0 Å². The van der Waals surface area contributed by atoms with Gasteiger partial charge in [-0.1, -0.05) is 0 Å². The van der Waals surface area contributed by atoms with Crippen molar-refractivity contribution < 1.29 is 26.6 Å². The van der Waals surface area contributed by atoms with Crippen molar-refractivity contribution in [3.63, 3.8) is 0 Å². The molecule has 0 N–H and O–H groups in total. The molecule has 0 rings (SSSR count). The molecule has 6 nitrogen and oxygen atoms in total. The third-order valence-electron chi connectivity index (χ3n) is 4.23. The molecule has 0 aromatic heterocycles. The summed E-state index contributed by atoms with van der Waals surface area (Å²) in [5, 5.41) is 0. The average Bonchev–Trinajstić information content (AvgIpc) is 2.68. The van der Waals surface area contributed by atoms with Crippen LogP contribution >= 0.6 is 11.8 Å². The van der Waals surface area contributed by atoms with Gasteiger partial charge in [0.15, 0.2) is 0 Å². The Balaban J connectivity index is 4.05. The second-order valence-corrected chi connectivity index (χ2v) is 13.2. The van der Waals surface area contributed by atoms with Crippen LogP contribution in [0.2, 0.25) is 12.1 Å². The van der Waals surface area contributed by atoms with Crippen LogP contribution in [0.1, 0.15) is 67.2 Å². The summed E-state index contributed by atoms with van der Waals surface area (Å²) >= 11 is 2.02. The van der Waals surface area contributed by atoms with Gasteiger partial charge in [0, 0.05) is 51.7 Å². The maximum Gasteiger partial charge on any atom is 0.500 e. The minimum atomic E-state index is -2.47. The maximum absolute atomic E-state index is 5.92. The van der Waals surface area contributed by atoms with Crippen molar-refractivity contribution in [2.45, 2.75) is 79.3 Å². The van der Waals surface area contributed by atoms with Gasteiger partial charge in [0.1, 0.15) is 0 Å². The van der Waals surface area contributed by atoms with Crippen LogP contribution in [0, 0.1) is 0 Å². The molecule has 176 valence electrons. The van der Waals surface area contributed by atoms with Gasteiger partial charge < -0.3 is 26.6 Å². The van der Waals surface area contributed by atoms with Crippen molar-refractivity contribution in [3.8, 4) is 0 Å². The predicted octanol–water partition coefficient (Wildman–Crippen LogP) is 5.38. The Morgan fingerprint density at radius 3 is 0.966 bits per heavy atom. The lowest BCUT2D eigenvalue weighted by molar-refractivity contribution is 0.0700. The van der Waals surface area contributed by atoms with Gasteiger partial charge in [-0.15, -0.1) is 0 Å². The molecular formula is C20H46O6SSi2. The first-order valence-corrected chi connectivity index (χ1v) is 16.5. The van der Waals surface area contributed by atoms with E-state index in [1.807, 2.05) is 53.3 Å². The van der Waals surface area contributed by atoms with Gasteiger partial charge in [-0.2, -0.15) is 11.8 Å². The summed E-state index contributed by atoms with van der Waals surface area (Å²) in [5.41, 5.74) is 0. The van der Waals surface area contributed by atoms with Gasteiger partial charge in [0.05, 0.1) is 0 Å². The summed E-state index contributed by atoms with van der Waals surface area (Å²) in [6, 6.07) is 1.82. The van der Waals surface area contributed by atoms with E-state index in [1.54, 1.807) is 0 Å². The van der Waals surface area contributed by atoms with Crippen LogP contribution in [-0.4, -0.2) is 68.8 Å². The van der Waals surface area contributed by atoms with E-state index < -0.39 is 17.6 Å². The quantitative estimate of drug-likeness (QED) is 0.156. The van der Waals surface area contributed by atoms with Gasteiger partial charge in [-0.25, -0.2) is 0 Å². The third kappa shape index (κ3) is 13.5. The number of hydrogen-bond acceptors (Lipinski definition) is 7. The molecule has 0 spiro atoms. The van der Waals surface area contributed by atoms with E-state index in [1.165, 1.54) is 24.3 Å². The summed E-state index contributed by atoms with van der Waals surface area (Å²) in [6.07, 6.45) is 4.52. The zero-order valence-corrected chi connectivity index (χ0v) is 22.6. The SMILES string of the molecule is CCO[Si](CCCCSCCCC[Si](OCC)(OCC)OCC)(OCC)OCC. The first-order valence-electron chi connectivity index (χ1n) is 11.5. The van der Waals surface area contributed by atoms with Crippen LogP contribution in [-0.2, 0) is 26.6 Å². The second kappa shape index (κ2) is 19.2. The molecule has 0 amide bonds. The molecule has 0 fully saturated rings. The molecule has 0 aliphatic rings. The average molecular weight is 471 g/mol. The topological polar surface area (TPSA) is 55.4 Å². The van der Waals surface area contributed by atoms with E-state index >= 15 is 0 Å². The molecule has 0 radical (unpaired) electrons. The highest BCUT2D eigenvalue weighted by atomic mass is 32.2. The van der Waals surface area contributed by atoms with E-state index in [-0.39, 0.29) is 0 Å². The van der Waals surface area contributed by atoms with Gasteiger partial charge in [0.25, 0.3) is 0 Å². The van der Waals surface area contributed by atoms with Crippen LogP contribution in [0.25, 0.3) is 0 Å². The molecule has 0 aromatic rings. The second-order valence-electron chi connectivity index (χ2n) is 6.49. The highest BCUT2D eigenvalue weighted by molar-refractivity contribution is 7.99. The van der Waals surface area contributed by atoms with Crippen molar-refractivity contribution in [3.05, 3.63) is 0 Å². The minimum Gasteiger partial charge on any atom is -0.374 e. The summed E-state index contributed by atoms with van der Waals surface area (Å²) in [4.78, 5) is 0. The maximum atomic E-state index is 5.92. The molecule has 0 saturated heterocycles. The normalized spacial score (nSPS) is 12.6. The Morgan fingerprint density at radius 1 is 0.448 bits per heavy atom. The Labute approximate surface area is 186 Å². The van der Waals surface area contributed by atoms with E-state index in [9.17, 15) is 0 Å². The lowest BCUT2D eigenvalue weighted by Crippen LogP contribution is -2.45. The monoisotopic (exact) mass is 470 g/mol. The first-order chi connectivity index (χ1) is 14.1. The zero-order chi connectivity index (χ0) is 21.8. The van der Waals surface area contributed by atoms with E-state index in [2.05, 4.69) is 0 Å². The zero-order valence-electron chi connectivity index (χ0n) is 19.8. The summed E-state index contributed by atoms with van der Waals surface area (Å²) in [6.45, 7) is 16.0. The molecule has 0 aliphatic heterocycles. The molecule has 0 aliphatic carbocycles. The molecule has 9 heteroatoms. The molecule has 29 heavy (non-hydrogen) atoms. The minimum absolute atomic E-state index is 0.650. The van der Waals surface area contributed by atoms with Gasteiger partial charge in [0.2, 0.25) is 0 Å². The van der Waals surface area contributed by atoms with Crippen LogP contribution in [0.15, 0.2) is 0 Å². The van der Waals surface area contributed by atoms with E-state index in [4.69, 9.17) is 26.6 Å². The van der Waals surface area contributed by atoms with Gasteiger partial charge in [-0.05, 0) is 78.7 Å². The predicted molar refractivity (Wildman–Crippen MR) is 127 cm³/mol. The van der Waals surface area contributed by atoms with Gasteiger partial charge in [-0.3, -0.25) is 0 Å². The van der Waals surface area contributed by atoms with Crippen molar-refractivity contribution in [1.82, 2.24) is 0 Å². The van der Waals surface area contributed by atoms with Crippen molar-refractivity contribution in [2.24, 2.45) is 0 Å². The molecular weight excluding hydrogens is 424 g/mol. The third-order valence-corrected chi connectivity index (χ3v) is 11.7. The summed E-state index contributed by atoms with van der Waals surface area (Å²) in [7, 11) is -4.94. The molecule has 0 heterocycles. The fourth-order valence-electron chi connectivity index (χ4n) is 3.20. The molecule has 0 aromatic carbocycles. The highest BCUT2D eigenvalue weighted by Gasteiger charge is 2.40. The Kier molecular flexibility index (Phi) is 19.6. The number of thioether (sulfide) groups is 1. The van der Waals surface area contributed by atoms with Crippen LogP contribution in [0.3, 0.4) is 0 Å². The van der Waals surface area contributed by atoms with Crippen molar-refractivity contribution in [2.75, 3.05) is 51.1 Å².